The number of aromatic nitrogens is 1. The lowest BCUT2D eigenvalue weighted by atomic mass is 10.3. The van der Waals surface area contributed by atoms with Crippen molar-refractivity contribution in [2.24, 2.45) is 0 Å². The molecule has 0 saturated heterocycles. The van der Waals surface area contributed by atoms with Gasteiger partial charge in [-0.25, -0.2) is 4.98 Å². The lowest BCUT2D eigenvalue weighted by molar-refractivity contribution is 0.0955. The van der Waals surface area contributed by atoms with Gasteiger partial charge in [0.25, 0.3) is 0 Å². The predicted molar refractivity (Wildman–Crippen MR) is 85.1 cm³/mol. The Balaban J connectivity index is 2.21. The van der Waals surface area contributed by atoms with E-state index < -0.39 is 0 Å². The fourth-order valence-electron chi connectivity index (χ4n) is 1.93. The van der Waals surface area contributed by atoms with Crippen LogP contribution in [0.3, 0.4) is 0 Å². The summed E-state index contributed by atoms with van der Waals surface area (Å²) in [6.07, 6.45) is 4.27. The normalized spacial score (nSPS) is 11.0. The molecule has 0 saturated carbocycles. The van der Waals surface area contributed by atoms with E-state index in [1.165, 1.54) is 12.8 Å². The van der Waals surface area contributed by atoms with E-state index in [1.54, 1.807) is 0 Å². The number of ether oxygens (including phenoxy) is 1. The number of hydrogen-bond acceptors (Lipinski definition) is 4. The van der Waals surface area contributed by atoms with Gasteiger partial charge in [-0.3, -0.25) is 0 Å². The summed E-state index contributed by atoms with van der Waals surface area (Å²) in [6, 6.07) is 4.11. The van der Waals surface area contributed by atoms with Crippen LogP contribution in [0.2, 0.25) is 0 Å². The molecule has 0 aliphatic carbocycles. The maximum absolute atomic E-state index is 5.69. The van der Waals surface area contributed by atoms with Crippen LogP contribution in [-0.2, 0) is 11.3 Å². The number of rotatable bonds is 11. The first kappa shape index (κ1) is 16.9. The second kappa shape index (κ2) is 10.6. The van der Waals surface area contributed by atoms with Gasteiger partial charge in [-0.05, 0) is 31.1 Å². The number of unbranched alkanes of at least 4 members (excludes halogenated alkanes) is 1. The molecule has 0 radical (unpaired) electrons. The maximum atomic E-state index is 5.69. The molecule has 0 atom stereocenters. The highest BCUT2D eigenvalue weighted by atomic mass is 16.5. The van der Waals surface area contributed by atoms with E-state index in [-0.39, 0.29) is 0 Å². The topological polar surface area (TPSA) is 37.4 Å². The molecule has 1 heterocycles. The molecule has 0 amide bonds. The number of likely N-dealkylation sites (N-methyl/N-ethyl adjacent to an activating group) is 1. The molecule has 1 aromatic heterocycles. The van der Waals surface area contributed by atoms with E-state index in [2.05, 4.69) is 42.0 Å². The monoisotopic (exact) mass is 279 g/mol. The molecule has 1 aromatic rings. The summed E-state index contributed by atoms with van der Waals surface area (Å²) in [6.45, 7) is 12.1. The first-order valence-corrected chi connectivity index (χ1v) is 7.79. The maximum Gasteiger partial charge on any atom is 0.125 e. The Labute approximate surface area is 123 Å². The van der Waals surface area contributed by atoms with E-state index in [4.69, 9.17) is 4.74 Å². The Morgan fingerprint density at radius 2 is 2.00 bits per heavy atom. The van der Waals surface area contributed by atoms with E-state index in [9.17, 15) is 0 Å². The van der Waals surface area contributed by atoms with Crippen molar-refractivity contribution < 1.29 is 4.74 Å². The second-order valence-electron chi connectivity index (χ2n) is 4.91. The molecule has 0 aromatic carbocycles. The lowest BCUT2D eigenvalue weighted by Gasteiger charge is -2.17. The van der Waals surface area contributed by atoms with Crippen molar-refractivity contribution in [1.82, 2.24) is 9.88 Å². The molecule has 0 aliphatic heterocycles. The zero-order valence-electron chi connectivity index (χ0n) is 13.2. The summed E-state index contributed by atoms with van der Waals surface area (Å²) in [5.74, 6) is 0.949. The number of nitrogens with one attached hydrogen (secondary N) is 1. The van der Waals surface area contributed by atoms with Gasteiger partial charge < -0.3 is 15.0 Å². The highest BCUT2D eigenvalue weighted by Gasteiger charge is 1.99. The molecule has 0 unspecified atom stereocenters. The zero-order valence-corrected chi connectivity index (χ0v) is 13.2. The van der Waals surface area contributed by atoms with Crippen LogP contribution in [0.25, 0.3) is 0 Å². The summed E-state index contributed by atoms with van der Waals surface area (Å²) < 4.78 is 5.69. The summed E-state index contributed by atoms with van der Waals surface area (Å²) in [5.41, 5.74) is 1.13. The molecule has 0 spiro atoms. The third-order valence-corrected chi connectivity index (χ3v) is 3.38. The number of pyridine rings is 1. The van der Waals surface area contributed by atoms with Gasteiger partial charge >= 0.3 is 0 Å². The van der Waals surface area contributed by atoms with Crippen LogP contribution in [-0.4, -0.2) is 42.7 Å². The highest BCUT2D eigenvalue weighted by Crippen LogP contribution is 2.06. The summed E-state index contributed by atoms with van der Waals surface area (Å²) >= 11 is 0. The second-order valence-corrected chi connectivity index (χ2v) is 4.91. The van der Waals surface area contributed by atoms with Crippen molar-refractivity contribution in [3.8, 4) is 0 Å². The molecular formula is C16H29N3O. The SMILES string of the molecule is CCCCNc1ccc(COCCN(CC)CC)cn1. The summed E-state index contributed by atoms with van der Waals surface area (Å²) in [7, 11) is 0. The molecule has 114 valence electrons. The molecule has 0 fully saturated rings. The number of anilines is 1. The number of nitrogens with zero attached hydrogens (tertiary/aromatic N) is 2. The Kier molecular flexibility index (Phi) is 9.00. The molecule has 1 N–H and O–H groups in total. The van der Waals surface area contributed by atoms with Crippen molar-refractivity contribution in [1.29, 1.82) is 0 Å². The van der Waals surface area contributed by atoms with Crippen LogP contribution < -0.4 is 5.32 Å². The van der Waals surface area contributed by atoms with E-state index in [1.807, 2.05) is 12.3 Å². The van der Waals surface area contributed by atoms with Gasteiger partial charge in [0.15, 0.2) is 0 Å². The van der Waals surface area contributed by atoms with E-state index in [0.29, 0.717) is 6.61 Å². The van der Waals surface area contributed by atoms with Crippen LogP contribution in [0.1, 0.15) is 39.2 Å². The quantitative estimate of drug-likeness (QED) is 0.631. The minimum atomic E-state index is 0.642. The Morgan fingerprint density at radius 1 is 1.20 bits per heavy atom. The molecule has 4 heteroatoms. The molecule has 4 nitrogen and oxygen atoms in total. The highest BCUT2D eigenvalue weighted by molar-refractivity contribution is 5.35. The van der Waals surface area contributed by atoms with Gasteiger partial charge in [0.1, 0.15) is 5.82 Å². The molecule has 0 bridgehead atoms. The minimum Gasteiger partial charge on any atom is -0.375 e. The lowest BCUT2D eigenvalue weighted by Crippen LogP contribution is -2.26. The predicted octanol–water partition coefficient (Wildman–Crippen LogP) is 3.15. The van der Waals surface area contributed by atoms with Crippen LogP contribution in [0.5, 0.6) is 0 Å². The van der Waals surface area contributed by atoms with E-state index >= 15 is 0 Å². The van der Waals surface area contributed by atoms with Crippen molar-refractivity contribution >= 4 is 5.82 Å². The summed E-state index contributed by atoms with van der Waals surface area (Å²) in [4.78, 5) is 6.76. The third kappa shape index (κ3) is 6.87. The first-order chi connectivity index (χ1) is 9.80. The van der Waals surface area contributed by atoms with Crippen LogP contribution >= 0.6 is 0 Å². The molecule has 20 heavy (non-hydrogen) atoms. The molecular weight excluding hydrogens is 250 g/mol. The van der Waals surface area contributed by atoms with Crippen LogP contribution in [0.15, 0.2) is 18.3 Å². The fourth-order valence-corrected chi connectivity index (χ4v) is 1.93. The van der Waals surface area contributed by atoms with Crippen molar-refractivity contribution in [2.45, 2.75) is 40.2 Å². The Morgan fingerprint density at radius 3 is 2.60 bits per heavy atom. The third-order valence-electron chi connectivity index (χ3n) is 3.38. The van der Waals surface area contributed by atoms with Gasteiger partial charge in [0.2, 0.25) is 0 Å². The van der Waals surface area contributed by atoms with Crippen LogP contribution in [0, 0.1) is 0 Å². The minimum absolute atomic E-state index is 0.642. The average Bonchev–Trinajstić information content (AvgIpc) is 2.49. The Hall–Kier alpha value is -1.13. The molecule has 0 aliphatic rings. The average molecular weight is 279 g/mol. The van der Waals surface area contributed by atoms with Gasteiger partial charge in [0.05, 0.1) is 13.2 Å². The smallest absolute Gasteiger partial charge is 0.125 e. The molecule has 1 rings (SSSR count). The van der Waals surface area contributed by atoms with E-state index in [0.717, 1.165) is 44.2 Å². The summed E-state index contributed by atoms with van der Waals surface area (Å²) in [5, 5.41) is 3.31. The standard InChI is InChI=1S/C16H29N3O/c1-4-7-10-17-16-9-8-15(13-18-16)14-20-12-11-19(5-2)6-3/h8-9,13H,4-7,10-12,14H2,1-3H3,(H,17,18). The Bertz CT molecular complexity index is 336. The first-order valence-electron chi connectivity index (χ1n) is 7.79. The van der Waals surface area contributed by atoms with Crippen molar-refractivity contribution in [3.05, 3.63) is 23.9 Å². The van der Waals surface area contributed by atoms with Gasteiger partial charge in [-0.1, -0.05) is 33.3 Å². The van der Waals surface area contributed by atoms with Gasteiger partial charge in [-0.15, -0.1) is 0 Å². The van der Waals surface area contributed by atoms with Crippen molar-refractivity contribution in [2.75, 3.05) is 38.1 Å². The van der Waals surface area contributed by atoms with Gasteiger partial charge in [-0.2, -0.15) is 0 Å². The van der Waals surface area contributed by atoms with Crippen LogP contribution in [0.4, 0.5) is 5.82 Å². The number of hydrogen-bond donors (Lipinski definition) is 1. The van der Waals surface area contributed by atoms with Gasteiger partial charge in [0, 0.05) is 19.3 Å². The van der Waals surface area contributed by atoms with Crippen molar-refractivity contribution in [3.63, 3.8) is 0 Å². The largest absolute Gasteiger partial charge is 0.375 e. The fraction of sp³-hybridized carbons (Fsp3) is 0.688. The zero-order chi connectivity index (χ0) is 14.6.